The number of carbonyl (C=O) groups excluding carboxylic acids is 2. The minimum absolute atomic E-state index is 0. The van der Waals surface area contributed by atoms with Crippen LogP contribution in [0.2, 0.25) is 0 Å². The van der Waals surface area contributed by atoms with Crippen molar-refractivity contribution in [2.75, 3.05) is 42.9 Å². The number of fused-ring (bicyclic) bond motifs is 2. The van der Waals surface area contributed by atoms with Crippen LogP contribution in [0.3, 0.4) is 0 Å². The lowest BCUT2D eigenvalue weighted by Crippen LogP contribution is -2.31. The normalized spacial score (nSPS) is 12.8. The number of ether oxygens (including phenoxy) is 1. The average molecular weight is 520 g/mol. The van der Waals surface area contributed by atoms with E-state index >= 15 is 0 Å². The lowest BCUT2D eigenvalue weighted by Gasteiger charge is -2.23. The molecule has 0 bridgehead atoms. The van der Waals surface area contributed by atoms with E-state index < -0.39 is 0 Å². The van der Waals surface area contributed by atoms with Crippen molar-refractivity contribution in [2.45, 2.75) is 19.3 Å². The minimum Gasteiger partial charge on any atom is -0.496 e. The lowest BCUT2D eigenvalue weighted by molar-refractivity contribution is 0.0982. The molecule has 2 amide bonds. The molecule has 192 valence electrons. The van der Waals surface area contributed by atoms with E-state index in [2.05, 4.69) is 21.4 Å². The van der Waals surface area contributed by atoms with Crippen molar-refractivity contribution in [3.8, 4) is 5.75 Å². The van der Waals surface area contributed by atoms with Gasteiger partial charge in [0.25, 0.3) is 11.8 Å². The number of aromatic amines is 1. The molecule has 0 saturated carbocycles. The van der Waals surface area contributed by atoms with Gasteiger partial charge >= 0.3 is 0 Å². The largest absolute Gasteiger partial charge is 0.496 e. The standard InChI is InChI=1S/C28H29N5O3.ClH/c1-32(2)28-30-22-12-8-11-21(25(22)31-28)29-26(34)20-15-14-19(17-24(20)36-3)27(35)33-16-7-6-10-18-9-4-5-13-23(18)33;/h4-5,8-9,11-15,17H,6-7,10,16H2,1-3H3,(H,29,34)(H,30,31);1H. The summed E-state index contributed by atoms with van der Waals surface area (Å²) in [5.74, 6) is 0.590. The number of halogens is 1. The number of carbonyl (C=O) groups is 2. The Labute approximate surface area is 222 Å². The summed E-state index contributed by atoms with van der Waals surface area (Å²) in [4.78, 5) is 38.3. The van der Waals surface area contributed by atoms with Gasteiger partial charge in [0.1, 0.15) is 11.3 Å². The summed E-state index contributed by atoms with van der Waals surface area (Å²) in [6, 6.07) is 18.6. The van der Waals surface area contributed by atoms with Gasteiger partial charge in [-0.05, 0) is 61.2 Å². The van der Waals surface area contributed by atoms with E-state index in [0.717, 1.165) is 30.5 Å². The van der Waals surface area contributed by atoms with Crippen LogP contribution in [0.25, 0.3) is 11.0 Å². The first-order valence-electron chi connectivity index (χ1n) is 12.0. The Morgan fingerprint density at radius 2 is 1.86 bits per heavy atom. The number of amides is 2. The molecule has 0 saturated heterocycles. The summed E-state index contributed by atoms with van der Waals surface area (Å²) in [6.07, 6.45) is 2.94. The minimum atomic E-state index is -0.340. The van der Waals surface area contributed by atoms with Gasteiger partial charge < -0.3 is 24.8 Å². The first-order chi connectivity index (χ1) is 17.5. The van der Waals surface area contributed by atoms with Gasteiger partial charge in [0.15, 0.2) is 0 Å². The van der Waals surface area contributed by atoms with Gasteiger partial charge in [0.05, 0.1) is 23.9 Å². The maximum Gasteiger partial charge on any atom is 0.259 e. The highest BCUT2D eigenvalue weighted by atomic mass is 35.5. The van der Waals surface area contributed by atoms with E-state index in [1.807, 2.05) is 60.3 Å². The van der Waals surface area contributed by atoms with Crippen LogP contribution in [-0.4, -0.2) is 49.5 Å². The quantitative estimate of drug-likeness (QED) is 0.373. The number of hydrogen-bond acceptors (Lipinski definition) is 5. The predicted molar refractivity (Wildman–Crippen MR) is 150 cm³/mol. The molecule has 9 heteroatoms. The Morgan fingerprint density at radius 1 is 1.05 bits per heavy atom. The van der Waals surface area contributed by atoms with Crippen LogP contribution >= 0.6 is 12.4 Å². The summed E-state index contributed by atoms with van der Waals surface area (Å²) in [5.41, 5.74) is 5.02. The molecule has 37 heavy (non-hydrogen) atoms. The first kappa shape index (κ1) is 26.0. The number of methoxy groups -OCH3 is 1. The second-order valence-corrected chi connectivity index (χ2v) is 9.07. The van der Waals surface area contributed by atoms with Crippen LogP contribution in [0.15, 0.2) is 60.7 Å². The number of nitrogens with one attached hydrogen (secondary N) is 2. The molecular formula is C28H30ClN5O3. The molecule has 0 unspecified atom stereocenters. The van der Waals surface area contributed by atoms with Gasteiger partial charge in [0.2, 0.25) is 5.95 Å². The van der Waals surface area contributed by atoms with Crippen molar-refractivity contribution in [1.82, 2.24) is 9.97 Å². The highest BCUT2D eigenvalue weighted by molar-refractivity contribution is 6.11. The van der Waals surface area contributed by atoms with Crippen LogP contribution < -0.4 is 19.9 Å². The van der Waals surface area contributed by atoms with Crippen molar-refractivity contribution in [1.29, 1.82) is 0 Å². The van der Waals surface area contributed by atoms with E-state index in [9.17, 15) is 9.59 Å². The molecule has 1 aliphatic heterocycles. The molecular weight excluding hydrogens is 490 g/mol. The fraction of sp³-hybridized carbons (Fsp3) is 0.250. The molecule has 0 atom stereocenters. The zero-order valence-corrected chi connectivity index (χ0v) is 21.9. The van der Waals surface area contributed by atoms with Crippen molar-refractivity contribution < 1.29 is 14.3 Å². The van der Waals surface area contributed by atoms with Crippen LogP contribution in [-0.2, 0) is 6.42 Å². The molecule has 2 N–H and O–H groups in total. The van der Waals surface area contributed by atoms with Gasteiger partial charge in [-0.2, -0.15) is 0 Å². The van der Waals surface area contributed by atoms with Gasteiger partial charge in [-0.15, -0.1) is 12.4 Å². The monoisotopic (exact) mass is 519 g/mol. The molecule has 0 fully saturated rings. The second kappa shape index (κ2) is 10.9. The van der Waals surface area contributed by atoms with Gasteiger partial charge in [-0.1, -0.05) is 24.3 Å². The van der Waals surface area contributed by atoms with Gasteiger partial charge in [-0.25, -0.2) is 4.98 Å². The summed E-state index contributed by atoms with van der Waals surface area (Å²) in [6.45, 7) is 0.656. The van der Waals surface area contributed by atoms with Gasteiger partial charge in [0, 0.05) is 31.9 Å². The maximum atomic E-state index is 13.5. The Hall–Kier alpha value is -4.04. The summed E-state index contributed by atoms with van der Waals surface area (Å²) in [5, 5.41) is 2.95. The van der Waals surface area contributed by atoms with Crippen molar-refractivity contribution >= 4 is 52.6 Å². The average Bonchev–Trinajstić information content (AvgIpc) is 3.23. The third kappa shape index (κ3) is 5.11. The molecule has 8 nitrogen and oxygen atoms in total. The number of anilines is 3. The SMILES string of the molecule is COc1cc(C(=O)N2CCCCc3ccccc32)ccc1C(=O)Nc1cccc2[nH]c(N(C)C)nc12.Cl. The highest BCUT2D eigenvalue weighted by Crippen LogP contribution is 2.30. The van der Waals surface area contributed by atoms with E-state index in [4.69, 9.17) is 4.74 Å². The fourth-order valence-corrected chi connectivity index (χ4v) is 4.59. The van der Waals surface area contributed by atoms with Crippen molar-refractivity contribution in [3.63, 3.8) is 0 Å². The second-order valence-electron chi connectivity index (χ2n) is 9.07. The summed E-state index contributed by atoms with van der Waals surface area (Å²) < 4.78 is 5.54. The maximum absolute atomic E-state index is 13.5. The number of imidazole rings is 1. The molecule has 4 aromatic rings. The molecule has 5 rings (SSSR count). The zero-order chi connectivity index (χ0) is 25.2. The molecule has 0 radical (unpaired) electrons. The summed E-state index contributed by atoms with van der Waals surface area (Å²) in [7, 11) is 5.29. The molecule has 0 aliphatic carbocycles. The Balaban J connectivity index is 0.00000320. The van der Waals surface area contributed by atoms with E-state index in [-0.39, 0.29) is 24.2 Å². The van der Waals surface area contributed by atoms with Crippen LogP contribution in [0.4, 0.5) is 17.3 Å². The molecule has 1 aromatic heterocycles. The van der Waals surface area contributed by atoms with Gasteiger partial charge in [-0.3, -0.25) is 9.59 Å². The number of nitrogens with zero attached hydrogens (tertiary/aromatic N) is 3. The molecule has 3 aromatic carbocycles. The Kier molecular flexibility index (Phi) is 7.69. The van der Waals surface area contributed by atoms with E-state index in [1.54, 1.807) is 18.2 Å². The van der Waals surface area contributed by atoms with Crippen molar-refractivity contribution in [3.05, 3.63) is 77.4 Å². The topological polar surface area (TPSA) is 90.6 Å². The van der Waals surface area contributed by atoms with Crippen LogP contribution in [0.1, 0.15) is 39.1 Å². The number of para-hydroxylation sites is 2. The number of benzene rings is 3. The van der Waals surface area contributed by atoms with E-state index in [1.165, 1.54) is 12.7 Å². The Morgan fingerprint density at radius 3 is 2.65 bits per heavy atom. The highest BCUT2D eigenvalue weighted by Gasteiger charge is 2.24. The number of rotatable bonds is 5. The number of aromatic nitrogens is 2. The van der Waals surface area contributed by atoms with E-state index in [0.29, 0.717) is 40.6 Å². The number of H-pyrrole nitrogens is 1. The molecule has 0 spiro atoms. The molecule has 2 heterocycles. The Bertz CT molecular complexity index is 1450. The van der Waals surface area contributed by atoms with Crippen molar-refractivity contribution in [2.24, 2.45) is 0 Å². The predicted octanol–water partition coefficient (Wildman–Crippen LogP) is 5.29. The zero-order valence-electron chi connectivity index (χ0n) is 21.1. The summed E-state index contributed by atoms with van der Waals surface area (Å²) >= 11 is 0. The van der Waals surface area contributed by atoms with Crippen LogP contribution in [0.5, 0.6) is 5.75 Å². The first-order valence-corrected chi connectivity index (χ1v) is 12.0. The molecule has 1 aliphatic rings. The van der Waals surface area contributed by atoms with Crippen LogP contribution in [0, 0.1) is 0 Å². The fourth-order valence-electron chi connectivity index (χ4n) is 4.59. The lowest BCUT2D eigenvalue weighted by atomic mass is 10.1. The number of hydrogen-bond donors (Lipinski definition) is 2. The third-order valence-corrected chi connectivity index (χ3v) is 6.47. The third-order valence-electron chi connectivity index (χ3n) is 6.47. The smallest absolute Gasteiger partial charge is 0.259 e. The number of aryl methyl sites for hydroxylation is 1.